The first-order chi connectivity index (χ1) is 20.1. The molecule has 4 rings (SSSR count). The zero-order valence-electron chi connectivity index (χ0n) is 24.7. The van der Waals surface area contributed by atoms with Gasteiger partial charge in [-0.2, -0.15) is 0 Å². The molecule has 3 N–H and O–H groups in total. The number of methoxy groups -OCH3 is 1. The van der Waals surface area contributed by atoms with Crippen molar-refractivity contribution in [1.82, 2.24) is 26.0 Å². The van der Waals surface area contributed by atoms with Gasteiger partial charge in [0.1, 0.15) is 17.7 Å². The van der Waals surface area contributed by atoms with Crippen molar-refractivity contribution in [2.75, 3.05) is 33.4 Å². The zero-order chi connectivity index (χ0) is 30.3. The van der Waals surface area contributed by atoms with Crippen molar-refractivity contribution < 1.29 is 33.2 Å². The van der Waals surface area contributed by atoms with Gasteiger partial charge in [0.15, 0.2) is 17.2 Å². The Hall–Kier alpha value is -3.61. The molecule has 12 heteroatoms. The fraction of sp³-hybridized carbons (Fsp3) is 0.567. The maximum Gasteiger partial charge on any atom is 0.274 e. The molecule has 1 aromatic carbocycles. The van der Waals surface area contributed by atoms with E-state index in [-0.39, 0.29) is 30.4 Å². The molecule has 2 aromatic rings. The van der Waals surface area contributed by atoms with Gasteiger partial charge in [-0.1, -0.05) is 49.3 Å². The maximum atomic E-state index is 13.6. The molecule has 0 radical (unpaired) electrons. The average molecular weight is 584 g/mol. The summed E-state index contributed by atoms with van der Waals surface area (Å²) in [4.78, 5) is 55.3. The number of amides is 3. The van der Waals surface area contributed by atoms with Crippen molar-refractivity contribution in [3.05, 3.63) is 53.4 Å². The van der Waals surface area contributed by atoms with Crippen LogP contribution in [-0.2, 0) is 36.8 Å². The molecule has 1 aromatic heterocycles. The molecule has 0 bridgehead atoms. The molecule has 2 saturated heterocycles. The van der Waals surface area contributed by atoms with E-state index in [4.69, 9.17) is 14.0 Å². The minimum absolute atomic E-state index is 0.0452. The topological polar surface area (TPSA) is 155 Å². The highest BCUT2D eigenvalue weighted by atomic mass is 16.6. The maximum absolute atomic E-state index is 13.6. The normalized spacial score (nSPS) is 20.2. The van der Waals surface area contributed by atoms with E-state index in [2.05, 4.69) is 26.0 Å². The van der Waals surface area contributed by atoms with Crippen LogP contribution in [0, 0.1) is 5.92 Å². The lowest BCUT2D eigenvalue weighted by molar-refractivity contribution is -0.133. The van der Waals surface area contributed by atoms with E-state index in [9.17, 15) is 19.2 Å². The van der Waals surface area contributed by atoms with Crippen molar-refractivity contribution in [1.29, 1.82) is 0 Å². The number of benzene rings is 1. The number of Topliss-reactive ketones (excluding diaryl/α,β-unsaturated/α-hetero) is 1. The molecule has 12 nitrogen and oxygen atoms in total. The Labute approximate surface area is 245 Å². The molecule has 42 heavy (non-hydrogen) atoms. The van der Waals surface area contributed by atoms with Crippen LogP contribution in [-0.4, -0.2) is 90.7 Å². The van der Waals surface area contributed by atoms with Crippen LogP contribution in [0.25, 0.3) is 0 Å². The molecule has 0 saturated carbocycles. The van der Waals surface area contributed by atoms with Gasteiger partial charge in [-0.25, -0.2) is 0 Å². The number of hydrogen-bond acceptors (Lipinski definition) is 9. The summed E-state index contributed by atoms with van der Waals surface area (Å²) in [6.45, 7) is 8.30. The second-order valence-electron chi connectivity index (χ2n) is 11.6. The third-order valence-electron chi connectivity index (χ3n) is 7.43. The first kappa shape index (κ1) is 31.3. The Morgan fingerprint density at radius 1 is 1.02 bits per heavy atom. The van der Waals surface area contributed by atoms with E-state index in [0.717, 1.165) is 25.1 Å². The SMILES string of the molecule is COCC(NC(=O)c1cc(CN2CCC2)on1)C(=O)N[C@@H](Cc1ccccc1)C(=O)NC(CC(C)C)C(=O)[C@@]1(C)CO1. The van der Waals surface area contributed by atoms with Gasteiger partial charge in [-0.3, -0.25) is 24.1 Å². The molecule has 2 aliphatic rings. The number of likely N-dealkylation sites (tertiary alicyclic amines) is 1. The highest BCUT2D eigenvalue weighted by Crippen LogP contribution is 2.29. The number of ether oxygens (including phenoxy) is 2. The molecule has 3 heterocycles. The van der Waals surface area contributed by atoms with E-state index >= 15 is 0 Å². The smallest absolute Gasteiger partial charge is 0.274 e. The lowest BCUT2D eigenvalue weighted by Crippen LogP contribution is -2.58. The van der Waals surface area contributed by atoms with Gasteiger partial charge in [0.2, 0.25) is 11.8 Å². The predicted molar refractivity (Wildman–Crippen MR) is 152 cm³/mol. The number of ketones is 1. The molecule has 2 unspecified atom stereocenters. The lowest BCUT2D eigenvalue weighted by Gasteiger charge is -2.29. The van der Waals surface area contributed by atoms with Crippen LogP contribution in [0.4, 0.5) is 0 Å². The summed E-state index contributed by atoms with van der Waals surface area (Å²) in [6, 6.07) is 7.86. The number of rotatable bonds is 16. The standard InChI is InChI=1S/C30H41N5O7/c1-19(2)13-22(26(36)30(3)18-41-30)31-27(37)23(14-20-9-6-5-7-10-20)32-29(39)25(17-40-4)33-28(38)24-15-21(42-34-24)16-35-11-8-12-35/h5-7,9-10,15,19,22-23,25H,8,11-14,16-18H2,1-4H3,(H,31,37)(H,32,39)(H,33,38)/t22?,23-,25?,30+/m0/s1. The largest absolute Gasteiger partial charge is 0.382 e. The summed E-state index contributed by atoms with van der Waals surface area (Å²) in [5.74, 6) is -1.23. The fourth-order valence-corrected chi connectivity index (χ4v) is 4.76. The van der Waals surface area contributed by atoms with E-state index in [1.165, 1.54) is 7.11 Å². The molecular formula is C30H41N5O7. The Kier molecular flexibility index (Phi) is 10.5. The second-order valence-corrected chi connectivity index (χ2v) is 11.6. The van der Waals surface area contributed by atoms with Crippen LogP contribution < -0.4 is 16.0 Å². The van der Waals surface area contributed by atoms with Crippen molar-refractivity contribution >= 4 is 23.5 Å². The number of aromatic nitrogens is 1. The van der Waals surface area contributed by atoms with Gasteiger partial charge in [0, 0.05) is 19.6 Å². The minimum Gasteiger partial charge on any atom is -0.382 e. The van der Waals surface area contributed by atoms with Crippen molar-refractivity contribution in [3.63, 3.8) is 0 Å². The third kappa shape index (κ3) is 8.46. The second kappa shape index (κ2) is 14.0. The van der Waals surface area contributed by atoms with Crippen LogP contribution in [0.3, 0.4) is 0 Å². The first-order valence-corrected chi connectivity index (χ1v) is 14.4. The van der Waals surface area contributed by atoms with Gasteiger partial charge >= 0.3 is 0 Å². The summed E-state index contributed by atoms with van der Waals surface area (Å²) in [5, 5.41) is 12.1. The van der Waals surface area contributed by atoms with Crippen LogP contribution in [0.15, 0.2) is 40.9 Å². The highest BCUT2D eigenvalue weighted by Gasteiger charge is 2.50. The third-order valence-corrected chi connectivity index (χ3v) is 7.43. The lowest BCUT2D eigenvalue weighted by atomic mass is 9.93. The number of hydrogen-bond donors (Lipinski definition) is 3. The first-order valence-electron chi connectivity index (χ1n) is 14.4. The zero-order valence-corrected chi connectivity index (χ0v) is 24.7. The highest BCUT2D eigenvalue weighted by molar-refractivity contribution is 5.99. The number of epoxide rings is 1. The average Bonchev–Trinajstić information content (AvgIpc) is 3.51. The van der Waals surface area contributed by atoms with E-state index in [0.29, 0.717) is 25.3 Å². The Balaban J connectivity index is 1.46. The van der Waals surface area contributed by atoms with E-state index < -0.39 is 41.4 Å². The Bertz CT molecular complexity index is 1240. The number of carbonyl (C=O) groups excluding carboxylic acids is 4. The van der Waals surface area contributed by atoms with Crippen molar-refractivity contribution in [2.45, 2.75) is 70.3 Å². The van der Waals surface area contributed by atoms with Crippen LogP contribution in [0.5, 0.6) is 0 Å². The quantitative estimate of drug-likeness (QED) is 0.248. The van der Waals surface area contributed by atoms with Crippen molar-refractivity contribution in [2.24, 2.45) is 5.92 Å². The number of carbonyl (C=O) groups is 4. The van der Waals surface area contributed by atoms with Gasteiger partial charge in [-0.05, 0) is 44.3 Å². The molecule has 0 spiro atoms. The Morgan fingerprint density at radius 3 is 2.29 bits per heavy atom. The minimum atomic E-state index is -1.11. The molecule has 3 amide bonds. The summed E-state index contributed by atoms with van der Waals surface area (Å²) in [7, 11) is 1.41. The van der Waals surface area contributed by atoms with Crippen molar-refractivity contribution in [3.8, 4) is 0 Å². The molecular weight excluding hydrogens is 542 g/mol. The summed E-state index contributed by atoms with van der Waals surface area (Å²) < 4.78 is 15.8. The van der Waals surface area contributed by atoms with E-state index in [1.54, 1.807) is 13.0 Å². The van der Waals surface area contributed by atoms with Gasteiger partial charge in [0.25, 0.3) is 5.91 Å². The van der Waals surface area contributed by atoms with Gasteiger partial charge in [0.05, 0.1) is 25.8 Å². The molecule has 0 aliphatic carbocycles. The molecule has 228 valence electrons. The van der Waals surface area contributed by atoms with Crippen LogP contribution >= 0.6 is 0 Å². The molecule has 4 atom stereocenters. The summed E-state index contributed by atoms with van der Waals surface area (Å²) >= 11 is 0. The predicted octanol–water partition coefficient (Wildman–Crippen LogP) is 1.24. The van der Waals surface area contributed by atoms with Gasteiger partial charge < -0.3 is 29.9 Å². The Morgan fingerprint density at radius 2 is 1.69 bits per heavy atom. The van der Waals surface area contributed by atoms with Crippen LogP contribution in [0.2, 0.25) is 0 Å². The summed E-state index contributed by atoms with van der Waals surface area (Å²) in [5.41, 5.74) is -0.0505. The van der Waals surface area contributed by atoms with Gasteiger partial charge in [-0.15, -0.1) is 0 Å². The summed E-state index contributed by atoms with van der Waals surface area (Å²) in [6.07, 6.45) is 1.72. The molecule has 2 aliphatic heterocycles. The number of nitrogens with one attached hydrogen (secondary N) is 3. The van der Waals surface area contributed by atoms with Crippen LogP contribution in [0.1, 0.15) is 55.4 Å². The molecule has 2 fully saturated rings. The fourth-order valence-electron chi connectivity index (χ4n) is 4.76. The van der Waals surface area contributed by atoms with E-state index in [1.807, 2.05) is 44.2 Å². The monoisotopic (exact) mass is 583 g/mol. The number of nitrogens with zero attached hydrogens (tertiary/aromatic N) is 2.